The first-order chi connectivity index (χ1) is 10.1. The van der Waals surface area contributed by atoms with Gasteiger partial charge in [-0.2, -0.15) is 0 Å². The first-order valence-corrected chi connectivity index (χ1v) is 6.75. The fourth-order valence-electron chi connectivity index (χ4n) is 2.17. The number of carbonyl (C=O) groups is 1. The number of rotatable bonds is 6. The SMILES string of the molecule is Cc1ccccc1OCCC(C(=O)O)c1ccccc1F. The molecular formula is C17H17FO3. The topological polar surface area (TPSA) is 46.5 Å². The fraction of sp³-hybridized carbons (Fsp3) is 0.235. The minimum atomic E-state index is -1.05. The van der Waals surface area contributed by atoms with E-state index in [0.29, 0.717) is 0 Å². The monoisotopic (exact) mass is 288 g/mol. The molecule has 0 saturated heterocycles. The van der Waals surface area contributed by atoms with Gasteiger partial charge in [-0.25, -0.2) is 4.39 Å². The van der Waals surface area contributed by atoms with Gasteiger partial charge >= 0.3 is 5.97 Å². The summed E-state index contributed by atoms with van der Waals surface area (Å²) in [5.74, 6) is -1.74. The van der Waals surface area contributed by atoms with Gasteiger partial charge in [0, 0.05) is 5.56 Å². The second kappa shape index (κ2) is 6.88. The number of aryl methyl sites for hydroxylation is 1. The summed E-state index contributed by atoms with van der Waals surface area (Å²) in [7, 11) is 0. The molecule has 0 bridgehead atoms. The van der Waals surface area contributed by atoms with Crippen molar-refractivity contribution < 1.29 is 19.0 Å². The lowest BCUT2D eigenvalue weighted by molar-refractivity contribution is -0.139. The molecule has 2 aromatic rings. The van der Waals surface area contributed by atoms with Crippen molar-refractivity contribution in [2.75, 3.05) is 6.61 Å². The summed E-state index contributed by atoms with van der Waals surface area (Å²) in [6, 6.07) is 13.5. The van der Waals surface area contributed by atoms with E-state index in [2.05, 4.69) is 0 Å². The molecule has 3 nitrogen and oxygen atoms in total. The quantitative estimate of drug-likeness (QED) is 0.880. The Hall–Kier alpha value is -2.36. The second-order valence-corrected chi connectivity index (χ2v) is 4.81. The molecule has 1 N–H and O–H groups in total. The Kier molecular flexibility index (Phi) is 4.93. The van der Waals surface area contributed by atoms with Crippen LogP contribution in [0.25, 0.3) is 0 Å². The number of ether oxygens (including phenoxy) is 1. The summed E-state index contributed by atoms with van der Waals surface area (Å²) in [6.45, 7) is 2.14. The van der Waals surface area contributed by atoms with E-state index in [-0.39, 0.29) is 18.6 Å². The van der Waals surface area contributed by atoms with Crippen molar-refractivity contribution >= 4 is 5.97 Å². The highest BCUT2D eigenvalue weighted by Crippen LogP contribution is 2.24. The van der Waals surface area contributed by atoms with E-state index in [1.807, 2.05) is 31.2 Å². The van der Waals surface area contributed by atoms with Gasteiger partial charge in [0.1, 0.15) is 11.6 Å². The third kappa shape index (κ3) is 3.81. The summed E-state index contributed by atoms with van der Waals surface area (Å²) in [5, 5.41) is 9.28. The zero-order valence-electron chi connectivity index (χ0n) is 11.8. The Balaban J connectivity index is 2.04. The summed E-state index contributed by atoms with van der Waals surface area (Å²) in [4.78, 5) is 11.3. The van der Waals surface area contributed by atoms with Crippen LogP contribution in [0.3, 0.4) is 0 Å². The van der Waals surface area contributed by atoms with Gasteiger partial charge in [-0.3, -0.25) is 4.79 Å². The van der Waals surface area contributed by atoms with Crippen LogP contribution in [0.4, 0.5) is 4.39 Å². The predicted molar refractivity (Wildman–Crippen MR) is 78.1 cm³/mol. The molecule has 2 rings (SSSR count). The Morgan fingerprint density at radius 1 is 1.19 bits per heavy atom. The first kappa shape index (κ1) is 15.0. The van der Waals surface area contributed by atoms with Gasteiger partial charge in [-0.15, -0.1) is 0 Å². The van der Waals surface area contributed by atoms with Crippen molar-refractivity contribution in [1.29, 1.82) is 0 Å². The van der Waals surface area contributed by atoms with E-state index in [1.54, 1.807) is 12.1 Å². The molecule has 0 radical (unpaired) electrons. The Morgan fingerprint density at radius 2 is 1.86 bits per heavy atom. The fourth-order valence-corrected chi connectivity index (χ4v) is 2.17. The predicted octanol–water partition coefficient (Wildman–Crippen LogP) is 3.77. The molecule has 0 aliphatic rings. The molecule has 0 saturated carbocycles. The molecule has 110 valence electrons. The van der Waals surface area contributed by atoms with Crippen molar-refractivity contribution in [3.8, 4) is 5.75 Å². The normalized spacial score (nSPS) is 11.9. The van der Waals surface area contributed by atoms with Crippen LogP contribution < -0.4 is 4.74 Å². The van der Waals surface area contributed by atoms with Crippen LogP contribution in [-0.4, -0.2) is 17.7 Å². The van der Waals surface area contributed by atoms with E-state index in [4.69, 9.17) is 4.74 Å². The Bertz CT molecular complexity index is 625. The van der Waals surface area contributed by atoms with Gasteiger partial charge in [0.25, 0.3) is 0 Å². The molecule has 0 aromatic heterocycles. The number of hydrogen-bond donors (Lipinski definition) is 1. The summed E-state index contributed by atoms with van der Waals surface area (Å²) in [5.41, 5.74) is 1.17. The van der Waals surface area contributed by atoms with Gasteiger partial charge in [0.2, 0.25) is 0 Å². The maximum Gasteiger partial charge on any atom is 0.311 e. The third-order valence-electron chi connectivity index (χ3n) is 3.34. The molecule has 0 aliphatic heterocycles. The second-order valence-electron chi connectivity index (χ2n) is 4.81. The van der Waals surface area contributed by atoms with Crippen molar-refractivity contribution in [1.82, 2.24) is 0 Å². The minimum Gasteiger partial charge on any atom is -0.493 e. The standard InChI is InChI=1S/C17H17FO3/c1-12-6-2-5-9-16(12)21-11-10-14(17(19)20)13-7-3-4-8-15(13)18/h2-9,14H,10-11H2,1H3,(H,19,20). The molecule has 0 aliphatic carbocycles. The molecule has 21 heavy (non-hydrogen) atoms. The summed E-state index contributed by atoms with van der Waals surface area (Å²) < 4.78 is 19.3. The summed E-state index contributed by atoms with van der Waals surface area (Å²) >= 11 is 0. The average molecular weight is 288 g/mol. The Morgan fingerprint density at radius 3 is 2.52 bits per heavy atom. The maximum absolute atomic E-state index is 13.7. The highest BCUT2D eigenvalue weighted by atomic mass is 19.1. The zero-order valence-corrected chi connectivity index (χ0v) is 11.8. The third-order valence-corrected chi connectivity index (χ3v) is 3.34. The van der Waals surface area contributed by atoms with Crippen LogP contribution in [0, 0.1) is 12.7 Å². The van der Waals surface area contributed by atoms with Gasteiger partial charge in [0.15, 0.2) is 0 Å². The van der Waals surface area contributed by atoms with Crippen LogP contribution in [0.2, 0.25) is 0 Å². The molecule has 0 spiro atoms. The maximum atomic E-state index is 13.7. The summed E-state index contributed by atoms with van der Waals surface area (Å²) in [6.07, 6.45) is 0.213. The minimum absolute atomic E-state index is 0.193. The molecule has 0 fully saturated rings. The largest absolute Gasteiger partial charge is 0.493 e. The van der Waals surface area contributed by atoms with Crippen LogP contribution in [0.15, 0.2) is 48.5 Å². The van der Waals surface area contributed by atoms with Crippen LogP contribution >= 0.6 is 0 Å². The van der Waals surface area contributed by atoms with Crippen molar-refractivity contribution in [3.63, 3.8) is 0 Å². The number of carboxylic acid groups (broad SMARTS) is 1. The molecule has 2 aromatic carbocycles. The molecule has 4 heteroatoms. The average Bonchev–Trinajstić information content (AvgIpc) is 2.46. The van der Waals surface area contributed by atoms with Crippen molar-refractivity contribution in [3.05, 3.63) is 65.5 Å². The van der Waals surface area contributed by atoms with Gasteiger partial charge < -0.3 is 9.84 Å². The van der Waals surface area contributed by atoms with Gasteiger partial charge in [-0.05, 0) is 31.0 Å². The number of benzene rings is 2. The smallest absolute Gasteiger partial charge is 0.311 e. The van der Waals surface area contributed by atoms with Gasteiger partial charge in [0.05, 0.1) is 12.5 Å². The number of hydrogen-bond acceptors (Lipinski definition) is 2. The molecule has 0 amide bonds. The highest BCUT2D eigenvalue weighted by Gasteiger charge is 2.22. The lowest BCUT2D eigenvalue weighted by atomic mass is 9.96. The molecule has 1 atom stereocenters. The number of halogens is 1. The van der Waals surface area contributed by atoms with E-state index in [0.717, 1.165) is 11.3 Å². The van der Waals surface area contributed by atoms with Crippen LogP contribution in [0.5, 0.6) is 5.75 Å². The molecule has 1 unspecified atom stereocenters. The molecular weight excluding hydrogens is 271 g/mol. The first-order valence-electron chi connectivity index (χ1n) is 6.75. The number of aliphatic carboxylic acids is 1. The number of para-hydroxylation sites is 1. The van der Waals surface area contributed by atoms with Crippen LogP contribution in [-0.2, 0) is 4.79 Å². The van der Waals surface area contributed by atoms with Crippen molar-refractivity contribution in [2.24, 2.45) is 0 Å². The van der Waals surface area contributed by atoms with E-state index in [1.165, 1.54) is 12.1 Å². The van der Waals surface area contributed by atoms with E-state index in [9.17, 15) is 14.3 Å². The highest BCUT2D eigenvalue weighted by molar-refractivity contribution is 5.76. The van der Waals surface area contributed by atoms with Gasteiger partial charge in [-0.1, -0.05) is 36.4 Å². The zero-order chi connectivity index (χ0) is 15.2. The number of carboxylic acids is 1. The van der Waals surface area contributed by atoms with E-state index < -0.39 is 17.7 Å². The lowest BCUT2D eigenvalue weighted by Gasteiger charge is -2.15. The van der Waals surface area contributed by atoms with Crippen molar-refractivity contribution in [2.45, 2.75) is 19.3 Å². The molecule has 0 heterocycles. The van der Waals surface area contributed by atoms with E-state index >= 15 is 0 Å². The Labute approximate surface area is 123 Å². The van der Waals surface area contributed by atoms with Crippen LogP contribution in [0.1, 0.15) is 23.5 Å². The lowest BCUT2D eigenvalue weighted by Crippen LogP contribution is -2.16.